The molecule has 6 nitrogen and oxygen atoms in total. The zero-order valence-corrected chi connectivity index (χ0v) is 18.1. The summed E-state index contributed by atoms with van der Waals surface area (Å²) in [6, 6.07) is 0. The smallest absolute Gasteiger partial charge is 0.264 e. The Morgan fingerprint density at radius 3 is 1.54 bits per heavy atom. The van der Waals surface area contributed by atoms with Crippen LogP contribution in [0, 0.1) is 23.7 Å². The molecule has 0 aromatic heterocycles. The van der Waals surface area contributed by atoms with Crippen LogP contribution in [0.5, 0.6) is 0 Å². The van der Waals surface area contributed by atoms with Gasteiger partial charge in [0.25, 0.3) is 20.2 Å². The first-order chi connectivity index (χ1) is 10.9. The minimum absolute atomic E-state index is 0.0981. The van der Waals surface area contributed by atoms with Crippen LogP contribution in [0.15, 0.2) is 0 Å². The van der Waals surface area contributed by atoms with E-state index in [9.17, 15) is 16.8 Å². The molecule has 2 unspecified atom stereocenters. The molecule has 0 spiro atoms. The van der Waals surface area contributed by atoms with Crippen molar-refractivity contribution in [2.75, 3.05) is 12.5 Å². The SMILES string of the molecule is CS(=O)(=O)O[C@@H]1[C@@H]2CC[C@@H]3C2C2[C@]1(Br)CC[C@@]2(Br)[C@H]3OS(C)(=O)=O. The second-order valence-electron chi connectivity index (χ2n) is 7.76. The van der Waals surface area contributed by atoms with E-state index in [0.717, 1.165) is 38.2 Å². The summed E-state index contributed by atoms with van der Waals surface area (Å²) in [5.74, 6) is 0.532. The molecule has 4 fully saturated rings. The van der Waals surface area contributed by atoms with Crippen LogP contribution in [0.3, 0.4) is 0 Å². The summed E-state index contributed by atoms with van der Waals surface area (Å²) in [5.41, 5.74) is 0. The molecule has 0 bridgehead atoms. The lowest BCUT2D eigenvalue weighted by molar-refractivity contribution is 0.118. The number of alkyl halides is 2. The Hall–Kier alpha value is 0.780. The van der Waals surface area contributed by atoms with Crippen molar-refractivity contribution >= 4 is 52.1 Å². The highest BCUT2D eigenvalue weighted by molar-refractivity contribution is 9.10. The third-order valence-corrected chi connectivity index (χ3v) is 10.2. The minimum Gasteiger partial charge on any atom is -0.265 e. The molecule has 10 heteroatoms. The quantitative estimate of drug-likeness (QED) is 0.427. The van der Waals surface area contributed by atoms with Crippen LogP contribution in [0.1, 0.15) is 25.7 Å². The van der Waals surface area contributed by atoms with Crippen LogP contribution in [0.25, 0.3) is 0 Å². The number of rotatable bonds is 4. The topological polar surface area (TPSA) is 86.7 Å². The van der Waals surface area contributed by atoms with Gasteiger partial charge >= 0.3 is 0 Å². The van der Waals surface area contributed by atoms with E-state index in [2.05, 4.69) is 31.9 Å². The zero-order chi connectivity index (χ0) is 17.7. The first-order valence-electron chi connectivity index (χ1n) is 8.01. The van der Waals surface area contributed by atoms with E-state index in [4.69, 9.17) is 8.37 Å². The van der Waals surface area contributed by atoms with Gasteiger partial charge in [0, 0.05) is 0 Å². The molecule has 4 aliphatic carbocycles. The first kappa shape index (κ1) is 18.2. The van der Waals surface area contributed by atoms with E-state index in [1.54, 1.807) is 0 Å². The Morgan fingerprint density at radius 2 is 1.21 bits per heavy atom. The van der Waals surface area contributed by atoms with Gasteiger partial charge in [0.05, 0.1) is 33.4 Å². The highest BCUT2D eigenvalue weighted by Gasteiger charge is 2.79. The molecule has 24 heavy (non-hydrogen) atoms. The third kappa shape index (κ3) is 2.42. The van der Waals surface area contributed by atoms with Crippen molar-refractivity contribution < 1.29 is 25.2 Å². The van der Waals surface area contributed by atoms with Crippen LogP contribution in [0.4, 0.5) is 0 Å². The lowest BCUT2D eigenvalue weighted by atomic mass is 9.89. The molecular weight excluding hydrogens is 488 g/mol. The molecule has 8 atom stereocenters. The first-order valence-corrected chi connectivity index (χ1v) is 13.2. The fraction of sp³-hybridized carbons (Fsp3) is 1.00. The molecule has 0 aromatic rings. The van der Waals surface area contributed by atoms with Gasteiger partial charge in [-0.1, -0.05) is 31.9 Å². The average Bonchev–Trinajstić information content (AvgIpc) is 3.03. The maximum Gasteiger partial charge on any atom is 0.264 e. The van der Waals surface area contributed by atoms with Gasteiger partial charge in [-0.25, -0.2) is 0 Å². The van der Waals surface area contributed by atoms with E-state index >= 15 is 0 Å². The Labute approximate surface area is 159 Å². The summed E-state index contributed by atoms with van der Waals surface area (Å²) in [6.07, 6.45) is 4.53. The second kappa shape index (κ2) is 5.19. The predicted octanol–water partition coefficient (Wildman–Crippen LogP) is 2.02. The van der Waals surface area contributed by atoms with Crippen molar-refractivity contribution in [1.82, 2.24) is 0 Å². The monoisotopic (exact) mass is 506 g/mol. The second-order valence-corrected chi connectivity index (χ2v) is 13.9. The van der Waals surface area contributed by atoms with Crippen molar-refractivity contribution in [1.29, 1.82) is 0 Å². The van der Waals surface area contributed by atoms with Gasteiger partial charge in [-0.2, -0.15) is 16.8 Å². The molecule has 4 rings (SSSR count). The Morgan fingerprint density at radius 1 is 0.833 bits per heavy atom. The molecule has 138 valence electrons. The van der Waals surface area contributed by atoms with Crippen molar-refractivity contribution in [3.05, 3.63) is 0 Å². The molecule has 0 aliphatic heterocycles. The molecule has 0 heterocycles. The van der Waals surface area contributed by atoms with Gasteiger partial charge in [-0.3, -0.25) is 8.37 Å². The number of halogens is 2. The summed E-state index contributed by atoms with van der Waals surface area (Å²) in [4.78, 5) is 0. The van der Waals surface area contributed by atoms with Crippen LogP contribution in [-0.2, 0) is 28.6 Å². The van der Waals surface area contributed by atoms with Crippen molar-refractivity contribution in [3.63, 3.8) is 0 Å². The number of hydrogen-bond donors (Lipinski definition) is 0. The van der Waals surface area contributed by atoms with E-state index in [1.165, 1.54) is 0 Å². The van der Waals surface area contributed by atoms with E-state index in [1.807, 2.05) is 0 Å². The summed E-state index contributed by atoms with van der Waals surface area (Å²) < 4.78 is 57.2. The molecule has 0 amide bonds. The Balaban J connectivity index is 1.77. The molecule has 0 saturated heterocycles. The van der Waals surface area contributed by atoms with E-state index < -0.39 is 41.1 Å². The predicted molar refractivity (Wildman–Crippen MR) is 95.2 cm³/mol. The minimum atomic E-state index is -3.56. The van der Waals surface area contributed by atoms with Gasteiger partial charge < -0.3 is 0 Å². The van der Waals surface area contributed by atoms with Gasteiger partial charge in [0.2, 0.25) is 0 Å². The van der Waals surface area contributed by atoms with Crippen LogP contribution in [-0.4, -0.2) is 50.2 Å². The summed E-state index contributed by atoms with van der Waals surface area (Å²) >= 11 is 7.66. The van der Waals surface area contributed by atoms with Gasteiger partial charge in [-0.15, -0.1) is 0 Å². The Bertz CT molecular complexity index is 719. The largest absolute Gasteiger partial charge is 0.265 e. The highest BCUT2D eigenvalue weighted by atomic mass is 79.9. The average molecular weight is 508 g/mol. The van der Waals surface area contributed by atoms with Crippen molar-refractivity contribution in [2.45, 2.75) is 46.5 Å². The molecule has 0 aromatic carbocycles. The van der Waals surface area contributed by atoms with Crippen molar-refractivity contribution in [3.8, 4) is 0 Å². The molecular formula is C14H20Br2O6S2. The molecule has 4 aliphatic rings. The lowest BCUT2D eigenvalue weighted by Gasteiger charge is -2.34. The van der Waals surface area contributed by atoms with Crippen LogP contribution >= 0.6 is 31.9 Å². The fourth-order valence-electron chi connectivity index (χ4n) is 6.05. The normalized spacial score (nSPS) is 52.8. The van der Waals surface area contributed by atoms with Gasteiger partial charge in [0.15, 0.2) is 0 Å². The van der Waals surface area contributed by atoms with Crippen LogP contribution < -0.4 is 0 Å². The maximum atomic E-state index is 11.8. The molecule has 4 saturated carbocycles. The molecule has 0 radical (unpaired) electrons. The van der Waals surface area contributed by atoms with Crippen molar-refractivity contribution in [2.24, 2.45) is 23.7 Å². The number of hydrogen-bond acceptors (Lipinski definition) is 6. The van der Waals surface area contributed by atoms with Gasteiger partial charge in [-0.05, 0) is 49.4 Å². The van der Waals surface area contributed by atoms with Crippen LogP contribution in [0.2, 0.25) is 0 Å². The fourth-order valence-corrected chi connectivity index (χ4v) is 10.7. The summed E-state index contributed by atoms with van der Waals surface area (Å²) in [6.45, 7) is 0. The lowest BCUT2D eigenvalue weighted by Crippen LogP contribution is -2.44. The van der Waals surface area contributed by atoms with E-state index in [-0.39, 0.29) is 23.7 Å². The standard InChI is InChI=1S/C14H20Br2O6S2/c1-23(17,18)21-11-7-3-4-8-9(7)10-13(11,15)5-6-14(10,16)12(8)22-24(2,19)20/h7-12H,3-6H2,1-2H3/t7-,8-,9?,10?,11-,12+,13-,14+/m1/s1. The highest BCUT2D eigenvalue weighted by Crippen LogP contribution is 2.76. The zero-order valence-electron chi connectivity index (χ0n) is 13.3. The summed E-state index contributed by atoms with van der Waals surface area (Å²) in [7, 11) is -7.12. The Kier molecular flexibility index (Phi) is 3.92. The molecule has 0 N–H and O–H groups in total. The van der Waals surface area contributed by atoms with Gasteiger partial charge in [0.1, 0.15) is 0 Å². The summed E-state index contributed by atoms with van der Waals surface area (Å²) in [5, 5.41) is 0. The maximum absolute atomic E-state index is 11.8. The third-order valence-electron chi connectivity index (χ3n) is 6.41. The van der Waals surface area contributed by atoms with E-state index in [0.29, 0.717) is 0 Å².